The van der Waals surface area contributed by atoms with Gasteiger partial charge < -0.3 is 5.32 Å². The number of carbonyl (C=O) groups excluding carboxylic acids is 1. The maximum absolute atomic E-state index is 12.2. The van der Waals surface area contributed by atoms with Gasteiger partial charge in [0.2, 0.25) is 5.91 Å². The van der Waals surface area contributed by atoms with Crippen LogP contribution in [0.15, 0.2) is 58.4 Å². The molecule has 2 aromatic carbocycles. The molecule has 1 aromatic heterocycles. The van der Waals surface area contributed by atoms with Crippen molar-refractivity contribution < 1.29 is 4.79 Å². The standard InChI is InChI=1S/C18H17BrN4OS/c1-12-6-7-16(8-13(12)2)23-11-20-22-18(23)25-10-17(24)21-15-5-3-4-14(19)9-15/h3-9,11H,10H2,1-2H3,(H,21,24). The maximum Gasteiger partial charge on any atom is 0.234 e. The number of halogens is 1. The van der Waals surface area contributed by atoms with E-state index in [2.05, 4.69) is 57.4 Å². The Bertz CT molecular complexity index is 910. The lowest BCUT2D eigenvalue weighted by atomic mass is 10.1. The third-order valence-electron chi connectivity index (χ3n) is 3.73. The minimum Gasteiger partial charge on any atom is -0.325 e. The van der Waals surface area contributed by atoms with Crippen molar-refractivity contribution in [2.75, 3.05) is 11.1 Å². The Hall–Kier alpha value is -2.12. The number of thioether (sulfide) groups is 1. The van der Waals surface area contributed by atoms with Crippen LogP contribution < -0.4 is 5.32 Å². The van der Waals surface area contributed by atoms with Gasteiger partial charge in [-0.15, -0.1) is 10.2 Å². The molecular formula is C18H17BrN4OS. The number of rotatable bonds is 5. The van der Waals surface area contributed by atoms with E-state index in [4.69, 9.17) is 0 Å². The number of aromatic nitrogens is 3. The molecule has 1 N–H and O–H groups in total. The molecule has 25 heavy (non-hydrogen) atoms. The predicted molar refractivity (Wildman–Crippen MR) is 104 cm³/mol. The summed E-state index contributed by atoms with van der Waals surface area (Å²) < 4.78 is 2.82. The lowest BCUT2D eigenvalue weighted by Gasteiger charge is -2.09. The van der Waals surface area contributed by atoms with Crippen molar-refractivity contribution in [3.63, 3.8) is 0 Å². The van der Waals surface area contributed by atoms with Crippen LogP contribution in [0.5, 0.6) is 0 Å². The Balaban J connectivity index is 1.67. The van der Waals surface area contributed by atoms with Crippen LogP contribution in [0.2, 0.25) is 0 Å². The monoisotopic (exact) mass is 416 g/mol. The second kappa shape index (κ2) is 7.84. The van der Waals surface area contributed by atoms with Crippen LogP contribution in [0.4, 0.5) is 5.69 Å². The highest BCUT2D eigenvalue weighted by atomic mass is 79.9. The van der Waals surface area contributed by atoms with Crippen molar-refractivity contribution in [2.45, 2.75) is 19.0 Å². The van der Waals surface area contributed by atoms with Crippen LogP contribution in [0.1, 0.15) is 11.1 Å². The fraction of sp³-hybridized carbons (Fsp3) is 0.167. The molecule has 0 aliphatic rings. The predicted octanol–water partition coefficient (Wildman–Crippen LogP) is 4.38. The van der Waals surface area contributed by atoms with Crippen molar-refractivity contribution in [3.8, 4) is 5.69 Å². The van der Waals surface area contributed by atoms with Crippen LogP contribution in [-0.4, -0.2) is 26.4 Å². The summed E-state index contributed by atoms with van der Waals surface area (Å²) in [6.07, 6.45) is 1.67. The summed E-state index contributed by atoms with van der Waals surface area (Å²) in [5.41, 5.74) is 4.19. The van der Waals surface area contributed by atoms with Gasteiger partial charge in [-0.2, -0.15) is 0 Å². The molecule has 5 nitrogen and oxygen atoms in total. The van der Waals surface area contributed by atoms with Crippen molar-refractivity contribution in [2.24, 2.45) is 0 Å². The highest BCUT2D eigenvalue weighted by Gasteiger charge is 2.11. The number of hydrogen-bond donors (Lipinski definition) is 1. The second-order valence-electron chi connectivity index (χ2n) is 5.60. The first-order valence-corrected chi connectivity index (χ1v) is 9.46. The Morgan fingerprint density at radius 2 is 2.04 bits per heavy atom. The summed E-state index contributed by atoms with van der Waals surface area (Å²) in [5.74, 6) is 0.175. The zero-order chi connectivity index (χ0) is 17.8. The minimum absolute atomic E-state index is 0.0854. The SMILES string of the molecule is Cc1ccc(-n2cnnc2SCC(=O)Nc2cccc(Br)c2)cc1C. The quantitative estimate of drug-likeness (QED) is 0.626. The summed E-state index contributed by atoms with van der Waals surface area (Å²) in [6.45, 7) is 4.15. The molecule has 0 saturated heterocycles. The van der Waals surface area contributed by atoms with Crippen molar-refractivity contribution >= 4 is 39.3 Å². The first-order chi connectivity index (χ1) is 12.0. The van der Waals surface area contributed by atoms with Gasteiger partial charge in [-0.05, 0) is 55.3 Å². The smallest absolute Gasteiger partial charge is 0.234 e. The van der Waals surface area contributed by atoms with Gasteiger partial charge in [-0.1, -0.05) is 39.8 Å². The summed E-state index contributed by atoms with van der Waals surface area (Å²) in [6, 6.07) is 13.7. The van der Waals surface area contributed by atoms with E-state index in [0.29, 0.717) is 5.16 Å². The third kappa shape index (κ3) is 4.49. The fourth-order valence-electron chi connectivity index (χ4n) is 2.27. The number of benzene rings is 2. The third-order valence-corrected chi connectivity index (χ3v) is 5.16. The average Bonchev–Trinajstić information content (AvgIpc) is 3.04. The molecular weight excluding hydrogens is 400 g/mol. The molecule has 128 valence electrons. The van der Waals surface area contributed by atoms with Crippen LogP contribution in [0.3, 0.4) is 0 Å². The van der Waals surface area contributed by atoms with E-state index in [1.54, 1.807) is 6.33 Å². The molecule has 0 fully saturated rings. The second-order valence-corrected chi connectivity index (χ2v) is 7.46. The van der Waals surface area contributed by atoms with Crippen LogP contribution in [0.25, 0.3) is 5.69 Å². The molecule has 0 aliphatic carbocycles. The van der Waals surface area contributed by atoms with Gasteiger partial charge in [-0.25, -0.2) is 0 Å². The number of anilines is 1. The summed E-state index contributed by atoms with van der Waals surface area (Å²) in [5, 5.41) is 11.7. The first-order valence-electron chi connectivity index (χ1n) is 7.69. The number of aryl methyl sites for hydroxylation is 2. The lowest BCUT2D eigenvalue weighted by Crippen LogP contribution is -2.14. The Labute approximate surface area is 159 Å². The Morgan fingerprint density at radius 3 is 2.80 bits per heavy atom. The molecule has 1 amide bonds. The van der Waals surface area contributed by atoms with E-state index in [-0.39, 0.29) is 11.7 Å². The average molecular weight is 417 g/mol. The van der Waals surface area contributed by atoms with Gasteiger partial charge in [0.05, 0.1) is 5.75 Å². The van der Waals surface area contributed by atoms with E-state index < -0.39 is 0 Å². The summed E-state index contributed by atoms with van der Waals surface area (Å²) in [4.78, 5) is 12.2. The number of nitrogens with zero attached hydrogens (tertiary/aromatic N) is 3. The van der Waals surface area contributed by atoms with Crippen molar-refractivity contribution in [1.29, 1.82) is 0 Å². The molecule has 0 bridgehead atoms. The molecule has 1 heterocycles. The number of carbonyl (C=O) groups is 1. The van der Waals surface area contributed by atoms with E-state index in [1.807, 2.05) is 34.9 Å². The summed E-state index contributed by atoms with van der Waals surface area (Å²) >= 11 is 4.75. The molecule has 0 unspecified atom stereocenters. The number of nitrogens with one attached hydrogen (secondary N) is 1. The lowest BCUT2D eigenvalue weighted by molar-refractivity contribution is -0.113. The van der Waals surface area contributed by atoms with E-state index >= 15 is 0 Å². The zero-order valence-electron chi connectivity index (χ0n) is 13.9. The highest BCUT2D eigenvalue weighted by Crippen LogP contribution is 2.22. The van der Waals surface area contributed by atoms with E-state index in [0.717, 1.165) is 15.8 Å². The number of hydrogen-bond acceptors (Lipinski definition) is 4. The number of amides is 1. The highest BCUT2D eigenvalue weighted by molar-refractivity contribution is 9.10. The van der Waals surface area contributed by atoms with Crippen LogP contribution in [0, 0.1) is 13.8 Å². The Kier molecular flexibility index (Phi) is 5.55. The van der Waals surface area contributed by atoms with Crippen molar-refractivity contribution in [1.82, 2.24) is 14.8 Å². The van der Waals surface area contributed by atoms with Gasteiger partial charge in [0.15, 0.2) is 5.16 Å². The first kappa shape index (κ1) is 17.7. The van der Waals surface area contributed by atoms with Gasteiger partial charge in [0, 0.05) is 15.8 Å². The molecule has 0 aliphatic heterocycles. The molecule has 7 heteroatoms. The van der Waals surface area contributed by atoms with Crippen molar-refractivity contribution in [3.05, 3.63) is 64.4 Å². The van der Waals surface area contributed by atoms with Crippen LogP contribution in [-0.2, 0) is 4.79 Å². The maximum atomic E-state index is 12.2. The molecule has 0 saturated carbocycles. The normalized spacial score (nSPS) is 10.7. The largest absolute Gasteiger partial charge is 0.325 e. The molecule has 0 atom stereocenters. The minimum atomic E-state index is -0.0854. The van der Waals surface area contributed by atoms with Gasteiger partial charge in [-0.3, -0.25) is 9.36 Å². The molecule has 0 radical (unpaired) electrons. The van der Waals surface area contributed by atoms with Gasteiger partial charge >= 0.3 is 0 Å². The van der Waals surface area contributed by atoms with Crippen LogP contribution >= 0.6 is 27.7 Å². The molecule has 3 aromatic rings. The molecule has 3 rings (SSSR count). The van der Waals surface area contributed by atoms with Gasteiger partial charge in [0.1, 0.15) is 6.33 Å². The van der Waals surface area contributed by atoms with E-state index in [9.17, 15) is 4.79 Å². The Morgan fingerprint density at radius 1 is 1.20 bits per heavy atom. The molecule has 0 spiro atoms. The van der Waals surface area contributed by atoms with Gasteiger partial charge in [0.25, 0.3) is 0 Å². The van der Waals surface area contributed by atoms with E-state index in [1.165, 1.54) is 22.9 Å². The summed E-state index contributed by atoms with van der Waals surface area (Å²) in [7, 11) is 0. The fourth-order valence-corrected chi connectivity index (χ4v) is 3.40. The zero-order valence-corrected chi connectivity index (χ0v) is 16.3. The topological polar surface area (TPSA) is 59.8 Å².